The summed E-state index contributed by atoms with van der Waals surface area (Å²) < 4.78 is 34.5. The molecule has 2 aromatic heterocycles. The molecule has 0 unspecified atom stereocenters. The summed E-state index contributed by atoms with van der Waals surface area (Å²) in [6.45, 7) is 3.42. The topological polar surface area (TPSA) is 106 Å². The van der Waals surface area contributed by atoms with Gasteiger partial charge in [0.2, 0.25) is 0 Å². The fourth-order valence-corrected chi connectivity index (χ4v) is 2.62. The van der Waals surface area contributed by atoms with Crippen molar-refractivity contribution >= 4 is 28.3 Å². The van der Waals surface area contributed by atoms with Crippen LogP contribution in [-0.2, 0) is 17.4 Å². The number of pyridine rings is 1. The molecule has 0 bridgehead atoms. The highest BCUT2D eigenvalue weighted by atomic mass is 35.5. The maximum absolute atomic E-state index is 12.2. The van der Waals surface area contributed by atoms with Crippen molar-refractivity contribution in [2.45, 2.75) is 18.6 Å². The van der Waals surface area contributed by atoms with E-state index in [0.717, 1.165) is 4.68 Å². The normalized spacial score (nSPS) is 15.8. The van der Waals surface area contributed by atoms with Crippen molar-refractivity contribution in [1.29, 1.82) is 0 Å². The van der Waals surface area contributed by atoms with Crippen LogP contribution in [0.15, 0.2) is 21.9 Å². The Morgan fingerprint density at radius 3 is 2.31 bits per heavy atom. The van der Waals surface area contributed by atoms with Gasteiger partial charge in [0.15, 0.2) is 5.15 Å². The van der Waals surface area contributed by atoms with Gasteiger partial charge in [-0.05, 0) is 6.92 Å². The standard InChI is InChI=1S/C12H13ClN4O2.C2HF3O2/c1-12(5-14-6-12)17-4-8-7(3-9(17)18)11(19)16(2)15-10(8)13;3-2(4,5)1(6)7/h3-4,14H,5-6H2,1-2H3;(H,6,7). The number of nitrogens with one attached hydrogen (secondary N) is 1. The first-order valence-electron chi connectivity index (χ1n) is 7.17. The molecule has 142 valence electrons. The summed E-state index contributed by atoms with van der Waals surface area (Å²) in [6, 6.07) is 1.34. The Hall–Kier alpha value is -2.40. The van der Waals surface area contributed by atoms with Crippen LogP contribution in [0.5, 0.6) is 0 Å². The number of alkyl halides is 3. The molecule has 0 radical (unpaired) electrons. The predicted molar refractivity (Wildman–Crippen MR) is 86.5 cm³/mol. The quantitative estimate of drug-likeness (QED) is 0.737. The van der Waals surface area contributed by atoms with E-state index in [-0.39, 0.29) is 21.8 Å². The SMILES string of the molecule is Cn1nc(Cl)c2cn(C3(C)CNC3)c(=O)cc2c1=O.O=C(O)C(F)(F)F. The monoisotopic (exact) mass is 394 g/mol. The molecule has 1 aliphatic rings. The van der Waals surface area contributed by atoms with Crippen LogP contribution in [0.25, 0.3) is 10.8 Å². The minimum absolute atomic E-state index is 0.198. The van der Waals surface area contributed by atoms with Gasteiger partial charge in [-0.2, -0.15) is 18.3 Å². The van der Waals surface area contributed by atoms with Crippen LogP contribution in [0.3, 0.4) is 0 Å². The van der Waals surface area contributed by atoms with Crippen molar-refractivity contribution in [3.8, 4) is 0 Å². The highest BCUT2D eigenvalue weighted by Crippen LogP contribution is 2.22. The molecule has 0 aliphatic carbocycles. The highest BCUT2D eigenvalue weighted by Gasteiger charge is 2.38. The van der Waals surface area contributed by atoms with Crippen LogP contribution in [0.2, 0.25) is 5.15 Å². The van der Waals surface area contributed by atoms with Gasteiger partial charge >= 0.3 is 12.1 Å². The van der Waals surface area contributed by atoms with Gasteiger partial charge in [0, 0.05) is 37.8 Å². The predicted octanol–water partition coefficient (Wildman–Crippen LogP) is 0.700. The second-order valence-corrected chi connectivity index (χ2v) is 6.29. The molecule has 3 rings (SSSR count). The fraction of sp³-hybridized carbons (Fsp3) is 0.429. The first-order valence-corrected chi connectivity index (χ1v) is 7.55. The van der Waals surface area contributed by atoms with Crippen LogP contribution in [-0.4, -0.2) is 44.7 Å². The Labute approximate surface area is 148 Å². The third kappa shape index (κ3) is 3.73. The molecule has 0 saturated carbocycles. The molecular weight excluding hydrogens is 381 g/mol. The van der Waals surface area contributed by atoms with Gasteiger partial charge in [-0.1, -0.05) is 11.6 Å². The van der Waals surface area contributed by atoms with Gasteiger partial charge in [-0.25, -0.2) is 9.48 Å². The molecule has 3 heterocycles. The van der Waals surface area contributed by atoms with E-state index in [0.29, 0.717) is 23.9 Å². The smallest absolute Gasteiger partial charge is 0.475 e. The number of aliphatic carboxylic acids is 1. The van der Waals surface area contributed by atoms with E-state index in [1.165, 1.54) is 13.1 Å². The van der Waals surface area contributed by atoms with E-state index in [9.17, 15) is 22.8 Å². The zero-order valence-electron chi connectivity index (χ0n) is 13.6. The number of fused-ring (bicyclic) bond motifs is 1. The van der Waals surface area contributed by atoms with Gasteiger partial charge in [-0.3, -0.25) is 9.59 Å². The first kappa shape index (κ1) is 19.9. The molecule has 8 nitrogen and oxygen atoms in total. The maximum Gasteiger partial charge on any atom is 0.490 e. The number of aryl methyl sites for hydroxylation is 1. The molecular formula is C14H14ClF3N4O4. The van der Waals surface area contributed by atoms with E-state index in [1.54, 1.807) is 10.8 Å². The van der Waals surface area contributed by atoms with Crippen molar-refractivity contribution in [1.82, 2.24) is 19.7 Å². The third-order valence-electron chi connectivity index (χ3n) is 3.87. The summed E-state index contributed by atoms with van der Waals surface area (Å²) in [7, 11) is 1.51. The van der Waals surface area contributed by atoms with E-state index in [4.69, 9.17) is 21.5 Å². The summed E-state index contributed by atoms with van der Waals surface area (Å²) >= 11 is 6.07. The van der Waals surface area contributed by atoms with Crippen molar-refractivity contribution in [2.75, 3.05) is 13.1 Å². The number of nitrogens with zero attached hydrogens (tertiary/aromatic N) is 3. The Morgan fingerprint density at radius 2 is 1.88 bits per heavy atom. The van der Waals surface area contributed by atoms with Gasteiger partial charge in [0.1, 0.15) is 0 Å². The van der Waals surface area contributed by atoms with Crippen LogP contribution >= 0.6 is 11.6 Å². The largest absolute Gasteiger partial charge is 0.490 e. The average molecular weight is 395 g/mol. The molecule has 26 heavy (non-hydrogen) atoms. The third-order valence-corrected chi connectivity index (χ3v) is 4.15. The Balaban J connectivity index is 0.000000298. The minimum Gasteiger partial charge on any atom is -0.475 e. The minimum atomic E-state index is -5.08. The van der Waals surface area contributed by atoms with Crippen LogP contribution in [0, 0.1) is 0 Å². The molecule has 1 fully saturated rings. The second-order valence-electron chi connectivity index (χ2n) is 5.93. The fourth-order valence-electron chi connectivity index (χ4n) is 2.36. The number of carbonyl (C=O) groups is 1. The van der Waals surface area contributed by atoms with E-state index in [2.05, 4.69) is 10.4 Å². The molecule has 0 atom stereocenters. The maximum atomic E-state index is 12.2. The highest BCUT2D eigenvalue weighted by molar-refractivity contribution is 6.34. The van der Waals surface area contributed by atoms with Crippen molar-refractivity contribution in [3.63, 3.8) is 0 Å². The molecule has 2 aromatic rings. The number of aromatic nitrogens is 3. The first-order chi connectivity index (χ1) is 11.9. The van der Waals surface area contributed by atoms with Gasteiger partial charge in [-0.15, -0.1) is 0 Å². The number of hydrogen-bond donors (Lipinski definition) is 2. The molecule has 0 spiro atoms. The molecule has 12 heteroatoms. The summed E-state index contributed by atoms with van der Waals surface area (Å²) in [5.41, 5.74) is -0.785. The summed E-state index contributed by atoms with van der Waals surface area (Å²) in [5, 5.41) is 15.2. The number of carboxylic acids is 1. The molecule has 0 amide bonds. The zero-order valence-corrected chi connectivity index (χ0v) is 14.4. The lowest BCUT2D eigenvalue weighted by molar-refractivity contribution is -0.192. The Morgan fingerprint density at radius 1 is 1.35 bits per heavy atom. The zero-order chi connectivity index (χ0) is 19.9. The van der Waals surface area contributed by atoms with Crippen LogP contribution in [0.4, 0.5) is 13.2 Å². The molecule has 0 aromatic carbocycles. The molecule has 2 N–H and O–H groups in total. The molecule has 1 saturated heterocycles. The van der Waals surface area contributed by atoms with E-state index in [1.807, 2.05) is 6.92 Å². The van der Waals surface area contributed by atoms with Crippen LogP contribution < -0.4 is 16.4 Å². The van der Waals surface area contributed by atoms with Crippen molar-refractivity contribution in [2.24, 2.45) is 7.05 Å². The van der Waals surface area contributed by atoms with Crippen molar-refractivity contribution in [3.05, 3.63) is 38.1 Å². The Bertz CT molecular complexity index is 979. The molecule has 1 aliphatic heterocycles. The van der Waals surface area contributed by atoms with Crippen molar-refractivity contribution < 1.29 is 23.1 Å². The van der Waals surface area contributed by atoms with Gasteiger partial charge < -0.3 is 15.0 Å². The lowest BCUT2D eigenvalue weighted by Crippen LogP contribution is -2.61. The lowest BCUT2D eigenvalue weighted by Gasteiger charge is -2.41. The van der Waals surface area contributed by atoms with E-state index >= 15 is 0 Å². The lowest BCUT2D eigenvalue weighted by atomic mass is 9.94. The summed E-state index contributed by atoms with van der Waals surface area (Å²) in [5.74, 6) is -2.76. The van der Waals surface area contributed by atoms with Gasteiger partial charge in [0.05, 0.1) is 10.9 Å². The number of carboxylic acid groups (broad SMARTS) is 1. The second kappa shape index (κ2) is 6.72. The average Bonchev–Trinajstić information content (AvgIpc) is 2.49. The summed E-state index contributed by atoms with van der Waals surface area (Å²) in [6.07, 6.45) is -3.45. The number of rotatable bonds is 1. The van der Waals surface area contributed by atoms with Crippen LogP contribution in [0.1, 0.15) is 6.92 Å². The van der Waals surface area contributed by atoms with Gasteiger partial charge in [0.25, 0.3) is 11.1 Å². The summed E-state index contributed by atoms with van der Waals surface area (Å²) in [4.78, 5) is 33.0. The Kier molecular flexibility index (Phi) is 5.15. The number of hydrogen-bond acceptors (Lipinski definition) is 5. The number of halogens is 4. The van der Waals surface area contributed by atoms with E-state index < -0.39 is 12.1 Å².